The zero-order chi connectivity index (χ0) is 23.9. The molecule has 4 aromatic rings. The summed E-state index contributed by atoms with van der Waals surface area (Å²) in [6.07, 6.45) is 1.97. The van der Waals surface area contributed by atoms with E-state index >= 15 is 0 Å². The van der Waals surface area contributed by atoms with E-state index in [2.05, 4.69) is 46.3 Å². The number of nitrogens with one attached hydrogen (secondary N) is 1. The van der Waals surface area contributed by atoms with Gasteiger partial charge in [0, 0.05) is 35.7 Å². The number of nitrogens with zero attached hydrogens (tertiary/aromatic N) is 1. The Bertz CT molecular complexity index is 1410. The lowest BCUT2D eigenvalue weighted by atomic mass is 9.85. The molecule has 0 fully saturated rings. The van der Waals surface area contributed by atoms with Gasteiger partial charge in [0.1, 0.15) is 6.61 Å². The van der Waals surface area contributed by atoms with E-state index in [1.54, 1.807) is 19.2 Å². The molecule has 6 heteroatoms. The van der Waals surface area contributed by atoms with E-state index in [1.165, 1.54) is 40.4 Å². The highest BCUT2D eigenvalue weighted by atomic mass is 16.5. The fourth-order valence-electron chi connectivity index (χ4n) is 5.50. The Morgan fingerprint density at radius 1 is 1.06 bits per heavy atom. The lowest BCUT2D eigenvalue weighted by Gasteiger charge is -2.40. The summed E-state index contributed by atoms with van der Waals surface area (Å²) >= 11 is 0. The molecule has 1 unspecified atom stereocenters. The van der Waals surface area contributed by atoms with Crippen LogP contribution in [-0.4, -0.2) is 36.6 Å². The van der Waals surface area contributed by atoms with Crippen molar-refractivity contribution in [3.63, 3.8) is 0 Å². The van der Waals surface area contributed by atoms with Crippen LogP contribution in [0.1, 0.15) is 44.3 Å². The molecule has 2 aliphatic rings. The third-order valence-corrected chi connectivity index (χ3v) is 7.32. The predicted octanol–water partition coefficient (Wildman–Crippen LogP) is 5.20. The Balaban J connectivity index is 1.29. The van der Waals surface area contributed by atoms with Gasteiger partial charge in [-0.3, -0.25) is 4.90 Å². The molecule has 178 valence electrons. The number of methoxy groups -OCH3 is 2. The summed E-state index contributed by atoms with van der Waals surface area (Å²) in [5, 5.41) is 1.33. The lowest BCUT2D eigenvalue weighted by Crippen LogP contribution is -2.39. The maximum atomic E-state index is 11.7. The Hall–Kier alpha value is -3.77. The lowest BCUT2D eigenvalue weighted by molar-refractivity contribution is 0.0600. The van der Waals surface area contributed by atoms with Crippen LogP contribution < -0.4 is 9.47 Å². The maximum Gasteiger partial charge on any atom is 0.337 e. The quantitative estimate of drug-likeness (QED) is 0.408. The Morgan fingerprint density at radius 2 is 1.89 bits per heavy atom. The van der Waals surface area contributed by atoms with Gasteiger partial charge >= 0.3 is 5.97 Å². The molecule has 0 radical (unpaired) electrons. The van der Waals surface area contributed by atoms with E-state index in [0.29, 0.717) is 18.2 Å². The monoisotopic (exact) mass is 468 g/mol. The van der Waals surface area contributed by atoms with Crippen molar-refractivity contribution in [3.8, 4) is 11.5 Å². The average molecular weight is 469 g/mol. The summed E-state index contributed by atoms with van der Waals surface area (Å²) < 4.78 is 16.7. The number of carbonyl (C=O) groups is 1. The van der Waals surface area contributed by atoms with Crippen LogP contribution in [0.25, 0.3) is 10.9 Å². The van der Waals surface area contributed by atoms with Crippen LogP contribution in [0.3, 0.4) is 0 Å². The van der Waals surface area contributed by atoms with Gasteiger partial charge in [0.25, 0.3) is 0 Å². The molecule has 3 aromatic carbocycles. The minimum Gasteiger partial charge on any atom is -0.493 e. The second-order valence-electron chi connectivity index (χ2n) is 9.25. The van der Waals surface area contributed by atoms with E-state index in [-0.39, 0.29) is 5.97 Å². The van der Waals surface area contributed by atoms with Crippen molar-refractivity contribution in [1.82, 2.24) is 9.88 Å². The number of benzene rings is 3. The van der Waals surface area contributed by atoms with E-state index in [4.69, 9.17) is 14.2 Å². The third-order valence-electron chi connectivity index (χ3n) is 7.32. The van der Waals surface area contributed by atoms with Crippen molar-refractivity contribution in [1.29, 1.82) is 0 Å². The van der Waals surface area contributed by atoms with Crippen molar-refractivity contribution >= 4 is 16.9 Å². The normalized spacial score (nSPS) is 16.8. The highest BCUT2D eigenvalue weighted by Gasteiger charge is 2.34. The molecule has 0 bridgehead atoms. The number of carbonyl (C=O) groups excluding carboxylic acids is 1. The van der Waals surface area contributed by atoms with Crippen molar-refractivity contribution in [2.24, 2.45) is 0 Å². The zero-order valence-corrected chi connectivity index (χ0v) is 20.0. The highest BCUT2D eigenvalue weighted by molar-refractivity contribution is 5.89. The first-order valence-corrected chi connectivity index (χ1v) is 12.0. The second-order valence-corrected chi connectivity index (χ2v) is 9.25. The van der Waals surface area contributed by atoms with Crippen LogP contribution in [0.4, 0.5) is 0 Å². The molecular formula is C29H28N2O4. The Labute approximate surface area is 204 Å². The number of hydrogen-bond acceptors (Lipinski definition) is 5. The number of ether oxygens (including phenoxy) is 3. The SMILES string of the molecule is COC(=O)c1ccc(COc2cc3c(cc2OC)CCN2Cc4[nH]c5ccccc5c4CC32)cc1. The summed E-state index contributed by atoms with van der Waals surface area (Å²) in [4.78, 5) is 17.9. The van der Waals surface area contributed by atoms with Gasteiger partial charge in [0.05, 0.1) is 19.8 Å². The molecule has 0 aliphatic carbocycles. The Kier molecular flexibility index (Phi) is 5.46. The molecule has 0 saturated heterocycles. The van der Waals surface area contributed by atoms with Gasteiger partial charge < -0.3 is 19.2 Å². The number of aromatic nitrogens is 1. The standard InChI is InChI=1S/C29H28N2O4/c1-33-27-13-20-11-12-31-16-25-23(21-5-3-4-6-24(21)30-25)14-26(31)22(20)15-28(27)35-17-18-7-9-19(10-8-18)29(32)34-2/h3-10,13,15,26,30H,11-12,14,16-17H2,1-2H3. The van der Waals surface area contributed by atoms with Gasteiger partial charge in [-0.25, -0.2) is 4.79 Å². The summed E-state index contributed by atoms with van der Waals surface area (Å²) in [7, 11) is 3.07. The Morgan fingerprint density at radius 3 is 2.69 bits per heavy atom. The van der Waals surface area contributed by atoms with Gasteiger partial charge in [0.2, 0.25) is 0 Å². The molecule has 1 atom stereocenters. The first-order valence-electron chi connectivity index (χ1n) is 12.0. The summed E-state index contributed by atoms with van der Waals surface area (Å²) in [6.45, 7) is 2.35. The fraction of sp³-hybridized carbons (Fsp3) is 0.276. The summed E-state index contributed by atoms with van der Waals surface area (Å²) in [5.74, 6) is 1.16. The molecule has 0 spiro atoms. The first-order chi connectivity index (χ1) is 17.1. The van der Waals surface area contributed by atoms with Crippen LogP contribution in [0, 0.1) is 0 Å². The molecule has 0 saturated carbocycles. The first kappa shape index (κ1) is 21.7. The van der Waals surface area contributed by atoms with Gasteiger partial charge in [-0.1, -0.05) is 30.3 Å². The number of rotatable bonds is 5. The minimum atomic E-state index is -0.343. The highest BCUT2D eigenvalue weighted by Crippen LogP contribution is 2.44. The van der Waals surface area contributed by atoms with E-state index < -0.39 is 0 Å². The van der Waals surface area contributed by atoms with Gasteiger partial charge in [-0.2, -0.15) is 0 Å². The van der Waals surface area contributed by atoms with E-state index in [1.807, 2.05) is 12.1 Å². The number of hydrogen-bond donors (Lipinski definition) is 1. The van der Waals surface area contributed by atoms with Crippen molar-refractivity contribution < 1.29 is 19.0 Å². The van der Waals surface area contributed by atoms with Crippen LogP contribution in [-0.2, 0) is 30.7 Å². The second kappa shape index (κ2) is 8.78. The van der Waals surface area contributed by atoms with E-state index in [9.17, 15) is 4.79 Å². The number of esters is 1. The number of H-pyrrole nitrogens is 1. The molecule has 1 N–H and O–H groups in total. The molecule has 2 aliphatic heterocycles. The number of para-hydroxylation sites is 1. The zero-order valence-electron chi connectivity index (χ0n) is 20.0. The van der Waals surface area contributed by atoms with Crippen molar-refractivity contribution in [3.05, 3.63) is 94.2 Å². The van der Waals surface area contributed by atoms with Crippen LogP contribution in [0.2, 0.25) is 0 Å². The summed E-state index contributed by atoms with van der Waals surface area (Å²) in [5.41, 5.74) is 8.14. The van der Waals surface area contributed by atoms with Crippen LogP contribution in [0.5, 0.6) is 11.5 Å². The van der Waals surface area contributed by atoms with E-state index in [0.717, 1.165) is 43.0 Å². The van der Waals surface area contributed by atoms with Crippen LogP contribution in [0.15, 0.2) is 60.7 Å². The summed E-state index contributed by atoms with van der Waals surface area (Å²) in [6, 6.07) is 20.5. The molecule has 6 rings (SSSR count). The predicted molar refractivity (Wildman–Crippen MR) is 134 cm³/mol. The van der Waals surface area contributed by atoms with Crippen molar-refractivity contribution in [2.45, 2.75) is 32.0 Å². The number of fused-ring (bicyclic) bond motifs is 6. The van der Waals surface area contributed by atoms with Gasteiger partial charge in [0.15, 0.2) is 11.5 Å². The molecule has 3 heterocycles. The van der Waals surface area contributed by atoms with Gasteiger partial charge in [-0.15, -0.1) is 0 Å². The molecule has 1 aromatic heterocycles. The largest absolute Gasteiger partial charge is 0.493 e. The third kappa shape index (κ3) is 3.84. The van der Waals surface area contributed by atoms with Crippen molar-refractivity contribution in [2.75, 3.05) is 20.8 Å². The maximum absolute atomic E-state index is 11.7. The minimum absolute atomic E-state index is 0.318. The number of aromatic amines is 1. The topological polar surface area (TPSA) is 63.8 Å². The van der Waals surface area contributed by atoms with Crippen LogP contribution >= 0.6 is 0 Å². The molecule has 35 heavy (non-hydrogen) atoms. The average Bonchev–Trinajstić information content (AvgIpc) is 3.27. The molecule has 0 amide bonds. The molecule has 6 nitrogen and oxygen atoms in total. The smallest absolute Gasteiger partial charge is 0.337 e. The fourth-order valence-corrected chi connectivity index (χ4v) is 5.50. The van der Waals surface area contributed by atoms with Gasteiger partial charge in [-0.05, 0) is 65.4 Å². The molecular weight excluding hydrogens is 440 g/mol.